The van der Waals surface area contributed by atoms with E-state index in [-0.39, 0.29) is 5.78 Å². The van der Waals surface area contributed by atoms with Crippen LogP contribution in [0.1, 0.15) is 25.7 Å². The van der Waals surface area contributed by atoms with Gasteiger partial charge in [0.2, 0.25) is 0 Å². The van der Waals surface area contributed by atoms with E-state index in [2.05, 4.69) is 4.90 Å². The van der Waals surface area contributed by atoms with Gasteiger partial charge in [0.15, 0.2) is 0 Å². The van der Waals surface area contributed by atoms with Crippen LogP contribution in [0.4, 0.5) is 0 Å². The Morgan fingerprint density at radius 3 is 2.41 bits per heavy atom. The van der Waals surface area contributed by atoms with Gasteiger partial charge in [0.05, 0.1) is 5.41 Å². The third-order valence-corrected chi connectivity index (χ3v) is 3.84. The molecule has 0 atom stereocenters. The minimum atomic E-state index is -0.724. The molecule has 0 radical (unpaired) electrons. The fourth-order valence-corrected chi connectivity index (χ4v) is 2.59. The minimum absolute atomic E-state index is 0.289. The van der Waals surface area contributed by atoms with Gasteiger partial charge >= 0.3 is 5.97 Å². The Kier molecular flexibility index (Phi) is 3.79. The van der Waals surface area contributed by atoms with E-state index in [9.17, 15) is 14.7 Å². The highest BCUT2D eigenvalue weighted by molar-refractivity contribution is 5.79. The van der Waals surface area contributed by atoms with E-state index >= 15 is 0 Å². The van der Waals surface area contributed by atoms with Gasteiger partial charge in [0.1, 0.15) is 5.78 Å². The molecule has 5 nitrogen and oxygen atoms in total. The average molecular weight is 241 g/mol. The molecule has 17 heavy (non-hydrogen) atoms. The molecule has 96 valence electrons. The Balaban J connectivity index is 1.97. The van der Waals surface area contributed by atoms with Gasteiger partial charge in [-0.25, -0.2) is 0 Å². The second-order valence-electron chi connectivity index (χ2n) is 5.01. The molecular formula is C12H19NO4. The zero-order valence-electron chi connectivity index (χ0n) is 9.98. The van der Waals surface area contributed by atoms with E-state index in [1.807, 2.05) is 0 Å². The number of Topliss-reactive ketones (excluding diaryl/α,β-unsaturated/α-hetero) is 1. The Labute approximate surface area is 101 Å². The van der Waals surface area contributed by atoms with E-state index in [1.165, 1.54) is 0 Å². The monoisotopic (exact) mass is 241 g/mol. The second kappa shape index (κ2) is 5.14. The molecule has 0 aliphatic carbocycles. The zero-order valence-corrected chi connectivity index (χ0v) is 9.98. The van der Waals surface area contributed by atoms with Gasteiger partial charge in [-0.15, -0.1) is 0 Å². The molecule has 0 aromatic heterocycles. The lowest BCUT2D eigenvalue weighted by molar-refractivity contribution is -0.157. The third-order valence-electron chi connectivity index (χ3n) is 3.84. The van der Waals surface area contributed by atoms with Crippen LogP contribution in [0, 0.1) is 5.41 Å². The molecule has 5 heteroatoms. The lowest BCUT2D eigenvalue weighted by Gasteiger charge is -2.38. The van der Waals surface area contributed by atoms with Crippen molar-refractivity contribution in [2.24, 2.45) is 5.41 Å². The number of aliphatic carboxylic acids is 1. The molecule has 2 aliphatic heterocycles. The lowest BCUT2D eigenvalue weighted by atomic mass is 9.79. The molecule has 0 spiro atoms. The first-order valence-corrected chi connectivity index (χ1v) is 6.18. The summed E-state index contributed by atoms with van der Waals surface area (Å²) in [6.07, 6.45) is 2.28. The van der Waals surface area contributed by atoms with E-state index in [1.54, 1.807) is 0 Å². The van der Waals surface area contributed by atoms with Crippen LogP contribution in [0.3, 0.4) is 0 Å². The van der Waals surface area contributed by atoms with Gasteiger partial charge in [-0.1, -0.05) is 0 Å². The molecule has 0 aromatic rings. The Hall–Kier alpha value is -0.940. The van der Waals surface area contributed by atoms with Crippen LogP contribution in [-0.4, -0.2) is 54.6 Å². The molecule has 0 amide bonds. The predicted octanol–water partition coefficient (Wildman–Crippen LogP) is 0.533. The van der Waals surface area contributed by atoms with Gasteiger partial charge in [0, 0.05) is 45.7 Å². The van der Waals surface area contributed by atoms with Crippen molar-refractivity contribution in [3.8, 4) is 0 Å². The number of ketones is 1. The van der Waals surface area contributed by atoms with Crippen LogP contribution in [-0.2, 0) is 14.3 Å². The Bertz CT molecular complexity index is 300. The van der Waals surface area contributed by atoms with Crippen LogP contribution in [0.5, 0.6) is 0 Å². The third kappa shape index (κ3) is 2.84. The highest BCUT2D eigenvalue weighted by atomic mass is 16.5. The SMILES string of the molecule is O=C1CCN(CC2(C(=O)O)CCOCC2)CC1. The molecule has 2 fully saturated rings. The summed E-state index contributed by atoms with van der Waals surface area (Å²) in [7, 11) is 0. The van der Waals surface area contributed by atoms with Crippen molar-refractivity contribution in [3.05, 3.63) is 0 Å². The van der Waals surface area contributed by atoms with Gasteiger partial charge in [-0.3, -0.25) is 9.59 Å². The smallest absolute Gasteiger partial charge is 0.311 e. The first kappa shape index (κ1) is 12.5. The summed E-state index contributed by atoms with van der Waals surface area (Å²) in [5.41, 5.74) is -0.668. The highest BCUT2D eigenvalue weighted by Crippen LogP contribution is 2.32. The van der Waals surface area contributed by atoms with E-state index in [4.69, 9.17) is 4.74 Å². The van der Waals surface area contributed by atoms with Crippen molar-refractivity contribution in [1.82, 2.24) is 4.90 Å². The molecule has 2 saturated heterocycles. The maximum atomic E-state index is 11.5. The summed E-state index contributed by atoms with van der Waals surface area (Å²) in [5.74, 6) is -0.435. The van der Waals surface area contributed by atoms with E-state index in [0.29, 0.717) is 58.5 Å². The number of nitrogens with zero attached hydrogens (tertiary/aromatic N) is 1. The maximum absolute atomic E-state index is 11.5. The minimum Gasteiger partial charge on any atom is -0.481 e. The number of hydrogen-bond donors (Lipinski definition) is 1. The standard InChI is InChI=1S/C12H19NO4/c14-10-1-5-13(6-2-10)9-12(11(15)16)3-7-17-8-4-12/h1-9H2,(H,15,16). The molecule has 2 rings (SSSR count). The van der Waals surface area contributed by atoms with Crippen LogP contribution in [0.2, 0.25) is 0 Å². The molecule has 0 unspecified atom stereocenters. The van der Waals surface area contributed by atoms with Crippen molar-refractivity contribution in [1.29, 1.82) is 0 Å². The Morgan fingerprint density at radius 2 is 1.88 bits per heavy atom. The number of likely N-dealkylation sites (tertiary alicyclic amines) is 1. The molecule has 0 aromatic carbocycles. The van der Waals surface area contributed by atoms with Crippen LogP contribution >= 0.6 is 0 Å². The molecule has 1 N–H and O–H groups in total. The van der Waals surface area contributed by atoms with E-state index < -0.39 is 11.4 Å². The van der Waals surface area contributed by atoms with Gasteiger partial charge in [-0.2, -0.15) is 0 Å². The number of carboxylic acid groups (broad SMARTS) is 1. The summed E-state index contributed by atoms with van der Waals surface area (Å²) in [6.45, 7) is 3.01. The first-order valence-electron chi connectivity index (χ1n) is 6.18. The van der Waals surface area contributed by atoms with Crippen molar-refractivity contribution in [3.63, 3.8) is 0 Å². The second-order valence-corrected chi connectivity index (χ2v) is 5.01. The van der Waals surface area contributed by atoms with Crippen molar-refractivity contribution in [2.45, 2.75) is 25.7 Å². The summed E-state index contributed by atoms with van der Waals surface area (Å²) < 4.78 is 5.25. The fourth-order valence-electron chi connectivity index (χ4n) is 2.59. The quantitative estimate of drug-likeness (QED) is 0.780. The zero-order chi connectivity index (χ0) is 12.3. The number of carbonyl (C=O) groups excluding carboxylic acids is 1. The van der Waals surface area contributed by atoms with Crippen LogP contribution in [0.25, 0.3) is 0 Å². The highest BCUT2D eigenvalue weighted by Gasteiger charge is 2.41. The summed E-state index contributed by atoms with van der Waals surface area (Å²) >= 11 is 0. The largest absolute Gasteiger partial charge is 0.481 e. The molecular weight excluding hydrogens is 222 g/mol. The summed E-state index contributed by atoms with van der Waals surface area (Å²) in [4.78, 5) is 24.7. The van der Waals surface area contributed by atoms with Crippen LogP contribution < -0.4 is 0 Å². The summed E-state index contributed by atoms with van der Waals surface area (Å²) in [5, 5.41) is 9.42. The number of rotatable bonds is 3. The van der Waals surface area contributed by atoms with Gasteiger partial charge in [0.25, 0.3) is 0 Å². The van der Waals surface area contributed by atoms with Crippen LogP contribution in [0.15, 0.2) is 0 Å². The summed E-state index contributed by atoms with van der Waals surface area (Å²) in [6, 6.07) is 0. The number of carbonyl (C=O) groups is 2. The van der Waals surface area contributed by atoms with Crippen molar-refractivity contribution >= 4 is 11.8 Å². The maximum Gasteiger partial charge on any atom is 0.311 e. The van der Waals surface area contributed by atoms with Crippen molar-refractivity contribution in [2.75, 3.05) is 32.8 Å². The molecule has 0 saturated carbocycles. The van der Waals surface area contributed by atoms with E-state index in [0.717, 1.165) is 0 Å². The number of ether oxygens (including phenoxy) is 1. The lowest BCUT2D eigenvalue weighted by Crippen LogP contribution is -2.48. The first-order chi connectivity index (χ1) is 8.12. The Morgan fingerprint density at radius 1 is 1.29 bits per heavy atom. The molecule has 2 aliphatic rings. The van der Waals surface area contributed by atoms with Gasteiger partial charge in [-0.05, 0) is 12.8 Å². The normalized spacial score (nSPS) is 25.8. The topological polar surface area (TPSA) is 66.8 Å². The van der Waals surface area contributed by atoms with Gasteiger partial charge < -0.3 is 14.7 Å². The predicted molar refractivity (Wildman–Crippen MR) is 60.8 cm³/mol. The average Bonchev–Trinajstić information content (AvgIpc) is 2.33. The fraction of sp³-hybridized carbons (Fsp3) is 0.833. The molecule has 0 bridgehead atoms. The number of hydrogen-bond acceptors (Lipinski definition) is 4. The van der Waals surface area contributed by atoms with Crippen molar-refractivity contribution < 1.29 is 19.4 Å². The number of piperidine rings is 1. The molecule has 2 heterocycles. The number of carboxylic acids is 1.